The van der Waals surface area contributed by atoms with Crippen LogP contribution in [0.3, 0.4) is 0 Å². The van der Waals surface area contributed by atoms with Crippen LogP contribution in [0.15, 0.2) is 18.2 Å². The Morgan fingerprint density at radius 2 is 1.79 bits per heavy atom. The van der Waals surface area contributed by atoms with Gasteiger partial charge in [0.25, 0.3) is 5.91 Å². The van der Waals surface area contributed by atoms with Crippen LogP contribution in [0, 0.1) is 19.8 Å². The number of aryl methyl sites for hydroxylation is 2. The van der Waals surface area contributed by atoms with Crippen LogP contribution < -0.4 is 10.6 Å². The Morgan fingerprint density at radius 1 is 1.11 bits per heavy atom. The van der Waals surface area contributed by atoms with Gasteiger partial charge in [-0.15, -0.1) is 0 Å². The van der Waals surface area contributed by atoms with Gasteiger partial charge in [0.1, 0.15) is 0 Å². The maximum atomic E-state index is 11.9. The molecule has 4 nitrogen and oxygen atoms in total. The van der Waals surface area contributed by atoms with Crippen molar-refractivity contribution in [3.05, 3.63) is 34.9 Å². The van der Waals surface area contributed by atoms with Crippen molar-refractivity contribution in [1.82, 2.24) is 10.6 Å². The minimum atomic E-state index is -0.220. The van der Waals surface area contributed by atoms with Gasteiger partial charge < -0.3 is 10.6 Å². The molecule has 0 spiro atoms. The predicted octanol–water partition coefficient (Wildman–Crippen LogP) is 1.81. The molecule has 2 N–H and O–H groups in total. The van der Waals surface area contributed by atoms with E-state index in [4.69, 9.17) is 0 Å². The highest BCUT2D eigenvalue weighted by molar-refractivity contribution is 5.96. The summed E-state index contributed by atoms with van der Waals surface area (Å²) in [7, 11) is 0. The van der Waals surface area contributed by atoms with Crippen LogP contribution in [0.2, 0.25) is 0 Å². The highest BCUT2D eigenvalue weighted by Crippen LogP contribution is 2.09. The highest BCUT2D eigenvalue weighted by Gasteiger charge is 2.08. The van der Waals surface area contributed by atoms with E-state index in [0.29, 0.717) is 18.0 Å². The van der Waals surface area contributed by atoms with Crippen LogP contribution in [0.5, 0.6) is 0 Å². The molecule has 4 heteroatoms. The molecule has 0 aromatic heterocycles. The van der Waals surface area contributed by atoms with Crippen LogP contribution in [0.1, 0.15) is 35.3 Å². The van der Waals surface area contributed by atoms with E-state index >= 15 is 0 Å². The van der Waals surface area contributed by atoms with Crippen molar-refractivity contribution >= 4 is 11.8 Å². The second-order valence-electron chi connectivity index (χ2n) is 5.18. The van der Waals surface area contributed by atoms with Gasteiger partial charge in [-0.25, -0.2) is 0 Å². The topological polar surface area (TPSA) is 58.2 Å². The summed E-state index contributed by atoms with van der Waals surface area (Å²) in [5.74, 6) is 0.0214. The molecule has 0 unspecified atom stereocenters. The number of hydrogen-bond donors (Lipinski definition) is 2. The Bertz CT molecular complexity index is 467. The van der Waals surface area contributed by atoms with Gasteiger partial charge in [-0.3, -0.25) is 9.59 Å². The molecule has 0 bridgehead atoms. The van der Waals surface area contributed by atoms with E-state index in [1.54, 1.807) is 6.07 Å². The van der Waals surface area contributed by atoms with E-state index in [0.717, 1.165) is 11.1 Å². The molecule has 0 radical (unpaired) electrons. The monoisotopic (exact) mass is 262 g/mol. The van der Waals surface area contributed by atoms with E-state index in [-0.39, 0.29) is 18.4 Å². The van der Waals surface area contributed by atoms with Gasteiger partial charge in [0.2, 0.25) is 5.91 Å². The summed E-state index contributed by atoms with van der Waals surface area (Å²) >= 11 is 0. The average molecular weight is 262 g/mol. The van der Waals surface area contributed by atoms with Gasteiger partial charge in [0.05, 0.1) is 6.54 Å². The lowest BCUT2D eigenvalue weighted by Crippen LogP contribution is -2.38. The lowest BCUT2D eigenvalue weighted by molar-refractivity contribution is -0.120. The first-order valence-corrected chi connectivity index (χ1v) is 6.52. The van der Waals surface area contributed by atoms with Crippen LogP contribution in [0.25, 0.3) is 0 Å². The molecule has 0 saturated carbocycles. The standard InChI is InChI=1S/C15H22N2O2/c1-10(2)8-16-14(18)9-17-15(19)13-6-5-11(3)12(4)7-13/h5-7,10H,8-9H2,1-4H3,(H,16,18)(H,17,19). The number of hydrogen-bond acceptors (Lipinski definition) is 2. The fourth-order valence-corrected chi connectivity index (χ4v) is 1.53. The normalized spacial score (nSPS) is 10.4. The van der Waals surface area contributed by atoms with Crippen LogP contribution in [-0.4, -0.2) is 24.9 Å². The largest absolute Gasteiger partial charge is 0.354 e. The van der Waals surface area contributed by atoms with Gasteiger partial charge in [0, 0.05) is 12.1 Å². The number of nitrogens with one attached hydrogen (secondary N) is 2. The molecule has 2 amide bonds. The maximum absolute atomic E-state index is 11.9. The van der Waals surface area contributed by atoms with Gasteiger partial charge >= 0.3 is 0 Å². The molecule has 0 fully saturated rings. The fraction of sp³-hybridized carbons (Fsp3) is 0.467. The summed E-state index contributed by atoms with van der Waals surface area (Å²) in [6.45, 7) is 8.64. The van der Waals surface area contributed by atoms with Gasteiger partial charge in [-0.05, 0) is 43.0 Å². The Labute approximate surface area is 114 Å². The Kier molecular flexibility index (Phi) is 5.55. The Balaban J connectivity index is 2.47. The second kappa shape index (κ2) is 6.92. The molecule has 0 aliphatic heterocycles. The van der Waals surface area contributed by atoms with Gasteiger partial charge in [0.15, 0.2) is 0 Å². The van der Waals surface area contributed by atoms with E-state index in [1.165, 1.54) is 0 Å². The quantitative estimate of drug-likeness (QED) is 0.850. The van der Waals surface area contributed by atoms with Crippen molar-refractivity contribution in [2.75, 3.05) is 13.1 Å². The zero-order chi connectivity index (χ0) is 14.4. The lowest BCUT2D eigenvalue weighted by atomic mass is 10.1. The summed E-state index contributed by atoms with van der Waals surface area (Å²) in [6.07, 6.45) is 0. The summed E-state index contributed by atoms with van der Waals surface area (Å²) in [6, 6.07) is 5.50. The molecular formula is C15H22N2O2. The Morgan fingerprint density at radius 3 is 2.37 bits per heavy atom. The number of benzene rings is 1. The molecule has 0 aliphatic rings. The number of carbonyl (C=O) groups excluding carboxylic acids is 2. The van der Waals surface area contributed by atoms with Crippen molar-refractivity contribution < 1.29 is 9.59 Å². The first-order chi connectivity index (χ1) is 8.90. The van der Waals surface area contributed by atoms with Crippen molar-refractivity contribution in [1.29, 1.82) is 0 Å². The number of carbonyl (C=O) groups is 2. The first kappa shape index (κ1) is 15.2. The van der Waals surface area contributed by atoms with Crippen LogP contribution >= 0.6 is 0 Å². The van der Waals surface area contributed by atoms with E-state index in [2.05, 4.69) is 10.6 Å². The molecule has 0 saturated heterocycles. The molecule has 0 heterocycles. The summed E-state index contributed by atoms with van der Waals surface area (Å²) < 4.78 is 0. The third-order valence-corrected chi connectivity index (χ3v) is 2.89. The minimum Gasteiger partial charge on any atom is -0.354 e. The van der Waals surface area contributed by atoms with Crippen molar-refractivity contribution in [3.8, 4) is 0 Å². The van der Waals surface area contributed by atoms with Crippen LogP contribution in [-0.2, 0) is 4.79 Å². The average Bonchev–Trinajstić information content (AvgIpc) is 2.36. The number of amides is 2. The molecule has 19 heavy (non-hydrogen) atoms. The van der Waals surface area contributed by atoms with Gasteiger partial charge in [-0.1, -0.05) is 19.9 Å². The highest BCUT2D eigenvalue weighted by atomic mass is 16.2. The zero-order valence-corrected chi connectivity index (χ0v) is 12.0. The van der Waals surface area contributed by atoms with Crippen LogP contribution in [0.4, 0.5) is 0 Å². The molecule has 1 aromatic rings. The molecule has 0 atom stereocenters. The predicted molar refractivity (Wildman–Crippen MR) is 76.1 cm³/mol. The molecule has 1 aromatic carbocycles. The first-order valence-electron chi connectivity index (χ1n) is 6.52. The summed E-state index contributed by atoms with van der Waals surface area (Å²) in [5, 5.41) is 5.37. The Hall–Kier alpha value is -1.84. The zero-order valence-electron chi connectivity index (χ0n) is 12.0. The van der Waals surface area contributed by atoms with E-state index in [1.807, 2.05) is 39.8 Å². The van der Waals surface area contributed by atoms with E-state index < -0.39 is 0 Å². The van der Waals surface area contributed by atoms with Gasteiger partial charge in [-0.2, -0.15) is 0 Å². The molecule has 1 rings (SSSR count). The second-order valence-corrected chi connectivity index (χ2v) is 5.18. The summed E-state index contributed by atoms with van der Waals surface area (Å²) in [5.41, 5.74) is 2.79. The maximum Gasteiger partial charge on any atom is 0.251 e. The lowest BCUT2D eigenvalue weighted by Gasteiger charge is -2.09. The van der Waals surface area contributed by atoms with E-state index in [9.17, 15) is 9.59 Å². The minimum absolute atomic E-state index is 0.0124. The third kappa shape index (κ3) is 5.12. The van der Waals surface area contributed by atoms with Crippen molar-refractivity contribution in [2.45, 2.75) is 27.7 Å². The summed E-state index contributed by atoms with van der Waals surface area (Å²) in [4.78, 5) is 23.3. The third-order valence-electron chi connectivity index (χ3n) is 2.89. The van der Waals surface area contributed by atoms with Crippen molar-refractivity contribution in [3.63, 3.8) is 0 Å². The molecule has 0 aliphatic carbocycles. The SMILES string of the molecule is Cc1ccc(C(=O)NCC(=O)NCC(C)C)cc1C. The fourth-order valence-electron chi connectivity index (χ4n) is 1.53. The molecular weight excluding hydrogens is 240 g/mol. The number of rotatable bonds is 5. The smallest absolute Gasteiger partial charge is 0.251 e. The van der Waals surface area contributed by atoms with Crippen molar-refractivity contribution in [2.24, 2.45) is 5.92 Å². The molecule has 104 valence electrons.